The van der Waals surface area contributed by atoms with E-state index in [9.17, 15) is 9.18 Å². The van der Waals surface area contributed by atoms with Crippen LogP contribution in [0.1, 0.15) is 18.7 Å². The maximum atomic E-state index is 13.0. The van der Waals surface area contributed by atoms with E-state index in [1.54, 1.807) is 4.90 Å². The molecule has 1 atom stereocenters. The Morgan fingerprint density at radius 3 is 2.66 bits per heavy atom. The normalized spacial score (nSPS) is 16.8. The lowest BCUT2D eigenvalue weighted by Crippen LogP contribution is -2.43. The van der Waals surface area contributed by atoms with Gasteiger partial charge in [0.15, 0.2) is 5.82 Å². The highest BCUT2D eigenvalue weighted by Crippen LogP contribution is 2.31. The zero-order valence-electron chi connectivity index (χ0n) is 15.6. The van der Waals surface area contributed by atoms with Crippen molar-refractivity contribution in [2.75, 3.05) is 17.3 Å². The lowest BCUT2D eigenvalue weighted by Gasteiger charge is -2.31. The van der Waals surface area contributed by atoms with Gasteiger partial charge in [-0.2, -0.15) is 0 Å². The fourth-order valence-corrected chi connectivity index (χ4v) is 4.18. The van der Waals surface area contributed by atoms with Gasteiger partial charge in [-0.25, -0.2) is 9.07 Å². The maximum Gasteiger partial charge on any atom is 0.240 e. The zero-order chi connectivity index (χ0) is 20.2. The predicted octanol–water partition coefficient (Wildman–Crippen LogP) is 3.00. The molecule has 0 aliphatic carbocycles. The van der Waals surface area contributed by atoms with Gasteiger partial charge < -0.3 is 15.5 Å². The highest BCUT2D eigenvalue weighted by atomic mass is 32.2. The van der Waals surface area contributed by atoms with Gasteiger partial charge in [0.2, 0.25) is 11.1 Å². The molecule has 1 aromatic heterocycles. The molecule has 2 aromatic carbocycles. The Bertz CT molecular complexity index is 980. The number of nitrogens with two attached hydrogens (primary N) is 1. The van der Waals surface area contributed by atoms with E-state index in [1.165, 1.54) is 40.7 Å². The third-order valence-corrected chi connectivity index (χ3v) is 5.83. The number of halogens is 1. The third-order valence-electron chi connectivity index (χ3n) is 4.62. The standard InChI is InChI=1S/C20H20FN5O2S/c21-14-8-10-16(11-9-14)28-13-18-23-24-20(26(18)22)29-17-7-4-12-25(19(17)27)15-5-2-1-3-6-15/h1-3,5-6,8-11,17H,4,7,12-13,22H2. The summed E-state index contributed by atoms with van der Waals surface area (Å²) in [6.45, 7) is 0.788. The SMILES string of the molecule is Nn1c(COc2ccc(F)cc2)nnc1SC1CCCN(c2ccccc2)C1=O. The smallest absolute Gasteiger partial charge is 0.240 e. The van der Waals surface area contributed by atoms with Gasteiger partial charge in [-0.3, -0.25) is 4.79 Å². The van der Waals surface area contributed by atoms with Crippen LogP contribution in [-0.2, 0) is 11.4 Å². The van der Waals surface area contributed by atoms with E-state index >= 15 is 0 Å². The molecule has 0 radical (unpaired) electrons. The van der Waals surface area contributed by atoms with Crippen molar-refractivity contribution in [2.24, 2.45) is 0 Å². The van der Waals surface area contributed by atoms with Gasteiger partial charge in [-0.1, -0.05) is 30.0 Å². The fourth-order valence-electron chi connectivity index (χ4n) is 3.11. The first-order valence-electron chi connectivity index (χ1n) is 9.22. The van der Waals surface area contributed by atoms with Gasteiger partial charge in [0.25, 0.3) is 0 Å². The topological polar surface area (TPSA) is 86.3 Å². The summed E-state index contributed by atoms with van der Waals surface area (Å²) in [5.41, 5.74) is 0.894. The number of aromatic nitrogens is 3. The van der Waals surface area contributed by atoms with Gasteiger partial charge in [0, 0.05) is 12.2 Å². The summed E-state index contributed by atoms with van der Waals surface area (Å²) in [4.78, 5) is 14.7. The Kier molecular flexibility index (Phi) is 5.66. The van der Waals surface area contributed by atoms with E-state index < -0.39 is 0 Å². The first-order valence-corrected chi connectivity index (χ1v) is 10.1. The van der Waals surface area contributed by atoms with E-state index in [0.29, 0.717) is 23.3 Å². The molecule has 0 spiro atoms. The number of anilines is 1. The van der Waals surface area contributed by atoms with Gasteiger partial charge in [0.1, 0.15) is 18.2 Å². The summed E-state index contributed by atoms with van der Waals surface area (Å²) in [5.74, 6) is 6.73. The highest BCUT2D eigenvalue weighted by Gasteiger charge is 2.32. The predicted molar refractivity (Wildman–Crippen MR) is 109 cm³/mol. The van der Waals surface area contributed by atoms with Crippen molar-refractivity contribution in [3.8, 4) is 5.75 Å². The van der Waals surface area contributed by atoms with E-state index in [0.717, 1.165) is 18.5 Å². The number of benzene rings is 2. The number of para-hydroxylation sites is 1. The van der Waals surface area contributed by atoms with Crippen molar-refractivity contribution >= 4 is 23.4 Å². The van der Waals surface area contributed by atoms with Crippen LogP contribution in [0, 0.1) is 5.82 Å². The van der Waals surface area contributed by atoms with Crippen LogP contribution in [0.2, 0.25) is 0 Å². The van der Waals surface area contributed by atoms with Crippen LogP contribution >= 0.6 is 11.8 Å². The number of nitrogens with zero attached hydrogens (tertiary/aromatic N) is 4. The molecular weight excluding hydrogens is 393 g/mol. The number of carbonyl (C=O) groups excluding carboxylic acids is 1. The number of hydrogen-bond acceptors (Lipinski definition) is 6. The van der Waals surface area contributed by atoms with Crippen LogP contribution in [0.3, 0.4) is 0 Å². The Labute approximate surface area is 171 Å². The minimum Gasteiger partial charge on any atom is -0.486 e. The van der Waals surface area contributed by atoms with Gasteiger partial charge >= 0.3 is 0 Å². The average Bonchev–Trinajstić information content (AvgIpc) is 3.09. The average molecular weight is 413 g/mol. The van der Waals surface area contributed by atoms with Crippen LogP contribution in [0.5, 0.6) is 5.75 Å². The van der Waals surface area contributed by atoms with E-state index in [-0.39, 0.29) is 23.6 Å². The van der Waals surface area contributed by atoms with Crippen LogP contribution in [0.25, 0.3) is 0 Å². The molecule has 29 heavy (non-hydrogen) atoms. The molecular formula is C20H20FN5O2S. The van der Waals surface area contributed by atoms with E-state index in [4.69, 9.17) is 10.6 Å². The molecule has 2 N–H and O–H groups in total. The molecule has 3 aromatic rings. The fraction of sp³-hybridized carbons (Fsp3) is 0.250. The lowest BCUT2D eigenvalue weighted by atomic mass is 10.1. The summed E-state index contributed by atoms with van der Waals surface area (Å²) >= 11 is 1.31. The molecule has 1 saturated heterocycles. The first kappa shape index (κ1) is 19.3. The third kappa shape index (κ3) is 4.34. The Morgan fingerprint density at radius 1 is 1.14 bits per heavy atom. The molecule has 0 bridgehead atoms. The zero-order valence-corrected chi connectivity index (χ0v) is 16.4. The second-order valence-corrected chi connectivity index (χ2v) is 7.76. The van der Waals surface area contributed by atoms with Crippen LogP contribution in [0.4, 0.5) is 10.1 Å². The highest BCUT2D eigenvalue weighted by molar-refractivity contribution is 8.00. The summed E-state index contributed by atoms with van der Waals surface area (Å²) in [6, 6.07) is 15.3. The largest absolute Gasteiger partial charge is 0.486 e. The van der Waals surface area contributed by atoms with E-state index in [1.807, 2.05) is 30.3 Å². The second kappa shape index (κ2) is 8.52. The Balaban J connectivity index is 1.41. The molecule has 2 heterocycles. The molecule has 1 amide bonds. The number of nitrogen functional groups attached to an aromatic ring is 1. The van der Waals surface area contributed by atoms with Crippen molar-refractivity contribution in [1.82, 2.24) is 14.9 Å². The first-order chi connectivity index (χ1) is 14.1. The number of amides is 1. The molecule has 1 fully saturated rings. The second-order valence-electron chi connectivity index (χ2n) is 6.59. The van der Waals surface area contributed by atoms with Gasteiger partial charge in [-0.15, -0.1) is 10.2 Å². The summed E-state index contributed by atoms with van der Waals surface area (Å²) in [5, 5.41) is 8.35. The number of ether oxygens (including phenoxy) is 1. The van der Waals surface area contributed by atoms with Gasteiger partial charge in [-0.05, 0) is 49.2 Å². The molecule has 4 rings (SSSR count). The number of thioether (sulfide) groups is 1. The van der Waals surface area contributed by atoms with Crippen molar-refractivity contribution in [3.63, 3.8) is 0 Å². The minimum atomic E-state index is -0.334. The van der Waals surface area contributed by atoms with Crippen LogP contribution < -0.4 is 15.5 Å². The quantitative estimate of drug-likeness (QED) is 0.625. The lowest BCUT2D eigenvalue weighted by molar-refractivity contribution is -0.119. The van der Waals surface area contributed by atoms with Crippen molar-refractivity contribution in [1.29, 1.82) is 0 Å². The van der Waals surface area contributed by atoms with Crippen LogP contribution in [-0.4, -0.2) is 32.6 Å². The summed E-state index contributed by atoms with van der Waals surface area (Å²) in [7, 11) is 0. The molecule has 1 aliphatic heterocycles. The maximum absolute atomic E-state index is 13.0. The minimum absolute atomic E-state index is 0.0413. The number of piperidine rings is 1. The Hall–Kier alpha value is -3.07. The number of rotatable bonds is 6. The molecule has 0 saturated carbocycles. The molecule has 1 aliphatic rings. The molecule has 150 valence electrons. The number of hydrogen-bond donors (Lipinski definition) is 1. The summed E-state index contributed by atoms with van der Waals surface area (Å²) in [6.07, 6.45) is 1.65. The van der Waals surface area contributed by atoms with Crippen molar-refractivity contribution in [2.45, 2.75) is 29.9 Å². The monoisotopic (exact) mass is 413 g/mol. The summed E-state index contributed by atoms with van der Waals surface area (Å²) < 4.78 is 19.9. The van der Waals surface area contributed by atoms with Crippen molar-refractivity contribution in [3.05, 3.63) is 66.2 Å². The van der Waals surface area contributed by atoms with Crippen LogP contribution in [0.15, 0.2) is 59.8 Å². The van der Waals surface area contributed by atoms with Gasteiger partial charge in [0.05, 0.1) is 5.25 Å². The van der Waals surface area contributed by atoms with E-state index in [2.05, 4.69) is 10.2 Å². The number of carbonyl (C=O) groups is 1. The molecule has 7 nitrogen and oxygen atoms in total. The molecule has 9 heteroatoms. The molecule has 1 unspecified atom stereocenters. The Morgan fingerprint density at radius 2 is 1.90 bits per heavy atom. The van der Waals surface area contributed by atoms with Crippen molar-refractivity contribution < 1.29 is 13.9 Å².